The highest BCUT2D eigenvalue weighted by atomic mass is 16.3. The highest BCUT2D eigenvalue weighted by molar-refractivity contribution is 5.84. The second-order valence-electron chi connectivity index (χ2n) is 13.2. The number of hydrogen-bond acceptors (Lipinski definition) is 4. The van der Waals surface area contributed by atoms with Crippen LogP contribution in [0.4, 0.5) is 0 Å². The number of aromatic hydroxyl groups is 2. The van der Waals surface area contributed by atoms with Crippen LogP contribution in [0.2, 0.25) is 0 Å². The third kappa shape index (κ3) is 14.0. The summed E-state index contributed by atoms with van der Waals surface area (Å²) >= 11 is 0. The summed E-state index contributed by atoms with van der Waals surface area (Å²) in [6, 6.07) is 12.2. The Labute approximate surface area is 269 Å². The van der Waals surface area contributed by atoms with E-state index in [9.17, 15) is 10.2 Å². The van der Waals surface area contributed by atoms with Gasteiger partial charge in [-0.05, 0) is 73.9 Å². The molecule has 2 atom stereocenters. The Balaban J connectivity index is 1.50. The van der Waals surface area contributed by atoms with Crippen LogP contribution in [0, 0.1) is 0 Å². The maximum atomic E-state index is 10.5. The normalized spacial score (nSPS) is 17.2. The maximum absolute atomic E-state index is 10.5. The Hall–Kier alpha value is -2.62. The third-order valence-corrected chi connectivity index (χ3v) is 9.33. The Kier molecular flexibility index (Phi) is 17.9. The smallest absolute Gasteiger partial charge is 0.124 e. The van der Waals surface area contributed by atoms with Crippen LogP contribution in [-0.4, -0.2) is 34.7 Å². The minimum absolute atomic E-state index is 0.0958. The van der Waals surface area contributed by atoms with Gasteiger partial charge < -0.3 is 10.2 Å². The summed E-state index contributed by atoms with van der Waals surface area (Å²) in [7, 11) is 0. The maximum Gasteiger partial charge on any atom is 0.124 e. The van der Waals surface area contributed by atoms with Crippen molar-refractivity contribution in [1.82, 2.24) is 0 Å². The molecule has 1 fully saturated rings. The van der Waals surface area contributed by atoms with Crippen molar-refractivity contribution < 1.29 is 10.2 Å². The Morgan fingerprint density at radius 1 is 0.545 bits per heavy atom. The summed E-state index contributed by atoms with van der Waals surface area (Å²) in [5.74, 6) is 0.588. The largest absolute Gasteiger partial charge is 0.507 e. The highest BCUT2D eigenvalue weighted by Gasteiger charge is 2.23. The molecule has 244 valence electrons. The van der Waals surface area contributed by atoms with E-state index in [4.69, 9.17) is 9.98 Å². The number of hydrogen-bond donors (Lipinski definition) is 2. The van der Waals surface area contributed by atoms with E-state index < -0.39 is 0 Å². The van der Waals surface area contributed by atoms with E-state index in [0.29, 0.717) is 11.5 Å². The number of unbranched alkanes of at least 4 members (excludes halogenated alkanes) is 14. The van der Waals surface area contributed by atoms with Crippen molar-refractivity contribution in [2.45, 2.75) is 167 Å². The lowest BCUT2D eigenvalue weighted by Gasteiger charge is -2.25. The number of rotatable bonds is 22. The van der Waals surface area contributed by atoms with Gasteiger partial charge in [0.15, 0.2) is 0 Å². The highest BCUT2D eigenvalue weighted by Crippen LogP contribution is 2.26. The summed E-state index contributed by atoms with van der Waals surface area (Å²) < 4.78 is 0. The standard InChI is InChI=1S/C40H62N2O2/c1-3-5-7-9-11-13-15-17-21-33-25-27-39(43)35(29-33)31-41-37-23-19-20-24-38(37)42-32-36-30-34(26-28-40(36)44)22-18-16-14-12-10-8-6-4-2/h25-32,37-38,43-44H,3-24H2,1-2H3/t37-,38-/m1/s1. The van der Waals surface area contributed by atoms with Crippen LogP contribution in [0.25, 0.3) is 0 Å². The minimum atomic E-state index is 0.0958. The first-order valence-corrected chi connectivity index (χ1v) is 18.3. The number of nitrogens with zero attached hydrogens (tertiary/aromatic N) is 2. The van der Waals surface area contributed by atoms with Crippen molar-refractivity contribution in [3.63, 3.8) is 0 Å². The van der Waals surface area contributed by atoms with Crippen molar-refractivity contribution in [2.75, 3.05) is 0 Å². The molecule has 2 aromatic rings. The first-order valence-electron chi connectivity index (χ1n) is 18.3. The van der Waals surface area contributed by atoms with Gasteiger partial charge in [-0.25, -0.2) is 0 Å². The fraction of sp³-hybridized carbons (Fsp3) is 0.650. The predicted octanol–water partition coefficient (Wildman–Crippen LogP) is 11.3. The van der Waals surface area contributed by atoms with Crippen LogP contribution >= 0.6 is 0 Å². The van der Waals surface area contributed by atoms with E-state index in [0.717, 1.165) is 49.7 Å². The summed E-state index contributed by atoms with van der Waals surface area (Å²) in [6.07, 6.45) is 31.2. The number of aryl methyl sites for hydroxylation is 2. The molecule has 2 aromatic carbocycles. The van der Waals surface area contributed by atoms with Gasteiger partial charge in [0, 0.05) is 23.6 Å². The molecule has 44 heavy (non-hydrogen) atoms. The van der Waals surface area contributed by atoms with Crippen LogP contribution in [0.5, 0.6) is 11.5 Å². The monoisotopic (exact) mass is 602 g/mol. The zero-order valence-corrected chi connectivity index (χ0v) is 28.1. The number of aliphatic imine (C=N–C) groups is 2. The van der Waals surface area contributed by atoms with E-state index >= 15 is 0 Å². The molecule has 0 amide bonds. The molecule has 0 aromatic heterocycles. The SMILES string of the molecule is CCCCCCCCCCc1ccc(O)c(C=N[C@@H]2CCCC[C@H]2N=Cc2cc(CCCCCCCCCC)ccc2O)c1. The lowest BCUT2D eigenvalue weighted by Crippen LogP contribution is -2.27. The summed E-state index contributed by atoms with van der Waals surface area (Å²) in [5, 5.41) is 21.1. The lowest BCUT2D eigenvalue weighted by atomic mass is 9.91. The van der Waals surface area contributed by atoms with E-state index in [1.165, 1.54) is 114 Å². The van der Waals surface area contributed by atoms with Crippen LogP contribution in [0.3, 0.4) is 0 Å². The van der Waals surface area contributed by atoms with Crippen molar-refractivity contribution in [1.29, 1.82) is 0 Å². The molecule has 0 spiro atoms. The number of phenols is 2. The number of phenolic OH excluding ortho intramolecular Hbond substituents is 2. The molecule has 1 aliphatic carbocycles. The molecule has 0 heterocycles. The van der Waals surface area contributed by atoms with Gasteiger partial charge >= 0.3 is 0 Å². The van der Waals surface area contributed by atoms with Gasteiger partial charge in [-0.2, -0.15) is 0 Å². The van der Waals surface area contributed by atoms with Crippen LogP contribution in [-0.2, 0) is 12.8 Å². The summed E-state index contributed by atoms with van der Waals surface area (Å²) in [5.41, 5.74) is 4.16. The molecule has 1 aliphatic rings. The molecule has 0 unspecified atom stereocenters. The van der Waals surface area contributed by atoms with E-state index in [-0.39, 0.29) is 12.1 Å². The van der Waals surface area contributed by atoms with Gasteiger partial charge in [-0.15, -0.1) is 0 Å². The number of benzene rings is 2. The topological polar surface area (TPSA) is 65.2 Å². The Morgan fingerprint density at radius 3 is 1.30 bits per heavy atom. The van der Waals surface area contributed by atoms with Gasteiger partial charge in [0.2, 0.25) is 0 Å². The van der Waals surface area contributed by atoms with Crippen molar-refractivity contribution in [3.05, 3.63) is 58.7 Å². The van der Waals surface area contributed by atoms with Crippen molar-refractivity contribution >= 4 is 12.4 Å². The van der Waals surface area contributed by atoms with Crippen molar-refractivity contribution in [3.8, 4) is 11.5 Å². The average Bonchev–Trinajstić information content (AvgIpc) is 3.04. The van der Waals surface area contributed by atoms with Gasteiger partial charge in [0.05, 0.1) is 12.1 Å². The van der Waals surface area contributed by atoms with Crippen LogP contribution < -0.4 is 0 Å². The van der Waals surface area contributed by atoms with E-state index in [1.807, 2.05) is 24.6 Å². The molecule has 0 aliphatic heterocycles. The molecule has 3 rings (SSSR count). The van der Waals surface area contributed by atoms with Crippen LogP contribution in [0.15, 0.2) is 46.4 Å². The fourth-order valence-electron chi connectivity index (χ4n) is 6.44. The minimum Gasteiger partial charge on any atom is -0.507 e. The van der Waals surface area contributed by atoms with Gasteiger partial charge in [-0.1, -0.05) is 129 Å². The molecule has 4 nitrogen and oxygen atoms in total. The Morgan fingerprint density at radius 2 is 0.909 bits per heavy atom. The predicted molar refractivity (Wildman–Crippen MR) is 190 cm³/mol. The lowest BCUT2D eigenvalue weighted by molar-refractivity contribution is 0.390. The van der Waals surface area contributed by atoms with Gasteiger partial charge in [-0.3, -0.25) is 9.98 Å². The first kappa shape index (κ1) is 35.9. The quantitative estimate of drug-likeness (QED) is 0.104. The second-order valence-corrected chi connectivity index (χ2v) is 13.2. The van der Waals surface area contributed by atoms with E-state index in [1.54, 1.807) is 0 Å². The fourth-order valence-corrected chi connectivity index (χ4v) is 6.44. The third-order valence-electron chi connectivity index (χ3n) is 9.33. The molecule has 4 heteroatoms. The average molecular weight is 603 g/mol. The molecule has 0 saturated heterocycles. The van der Waals surface area contributed by atoms with Crippen LogP contribution in [0.1, 0.15) is 165 Å². The van der Waals surface area contributed by atoms with Gasteiger partial charge in [0.1, 0.15) is 11.5 Å². The molecule has 0 radical (unpaired) electrons. The zero-order chi connectivity index (χ0) is 31.2. The molecule has 2 N–H and O–H groups in total. The van der Waals surface area contributed by atoms with Crippen molar-refractivity contribution in [2.24, 2.45) is 9.98 Å². The summed E-state index contributed by atoms with van der Waals surface area (Å²) in [6.45, 7) is 4.53. The summed E-state index contributed by atoms with van der Waals surface area (Å²) in [4.78, 5) is 9.91. The molecular formula is C40H62N2O2. The van der Waals surface area contributed by atoms with E-state index in [2.05, 4.69) is 38.1 Å². The Bertz CT molecular complexity index is 1020. The molecule has 0 bridgehead atoms. The second kappa shape index (κ2) is 22.0. The zero-order valence-electron chi connectivity index (χ0n) is 28.1. The molecular weight excluding hydrogens is 540 g/mol. The first-order chi connectivity index (χ1) is 21.6. The van der Waals surface area contributed by atoms with Gasteiger partial charge in [0.25, 0.3) is 0 Å². The molecule has 1 saturated carbocycles.